The fourth-order valence-electron chi connectivity index (χ4n) is 6.01. The Morgan fingerprint density at radius 2 is 2.00 bits per heavy atom. The van der Waals surface area contributed by atoms with E-state index in [-0.39, 0.29) is 36.5 Å². The second-order valence-corrected chi connectivity index (χ2v) is 11.9. The number of halogens is 2. The number of aryl methyl sites for hydroxylation is 1. The Morgan fingerprint density at radius 1 is 1.16 bits per heavy atom. The van der Waals surface area contributed by atoms with Crippen LogP contribution in [0.2, 0.25) is 0 Å². The molecule has 0 spiro atoms. The van der Waals surface area contributed by atoms with Crippen molar-refractivity contribution in [3.05, 3.63) is 84.0 Å². The molecular weight excluding hydrogens is 598 g/mol. The van der Waals surface area contributed by atoms with E-state index >= 15 is 4.39 Å². The number of benzene rings is 2. The smallest absolute Gasteiger partial charge is 0.246 e. The molecule has 0 fully saturated rings. The summed E-state index contributed by atoms with van der Waals surface area (Å²) in [6.07, 6.45) is 3.23. The van der Waals surface area contributed by atoms with Crippen molar-refractivity contribution >= 4 is 38.2 Å². The third kappa shape index (κ3) is 4.95. The van der Waals surface area contributed by atoms with E-state index in [4.69, 9.17) is 14.8 Å². The predicted molar refractivity (Wildman–Crippen MR) is 169 cm³/mol. The van der Waals surface area contributed by atoms with Gasteiger partial charge < -0.3 is 14.7 Å². The van der Waals surface area contributed by atoms with Crippen LogP contribution >= 0.6 is 11.3 Å². The Labute approximate surface area is 260 Å². The zero-order valence-corrected chi connectivity index (χ0v) is 25.3. The quantitative estimate of drug-likeness (QED) is 0.215. The number of fused-ring (bicyclic) bond motifs is 3. The Balaban J connectivity index is 1.51. The molecule has 1 unspecified atom stereocenters. The molecule has 2 aromatic carbocycles. The zero-order chi connectivity index (χ0) is 31.4. The van der Waals surface area contributed by atoms with E-state index in [1.165, 1.54) is 17.4 Å². The summed E-state index contributed by atoms with van der Waals surface area (Å²) in [5, 5.41) is 22.6. The summed E-state index contributed by atoms with van der Waals surface area (Å²) >= 11 is 1.40. The first-order chi connectivity index (χ1) is 21.7. The van der Waals surface area contributed by atoms with Crippen molar-refractivity contribution in [2.45, 2.75) is 19.5 Å². The highest BCUT2D eigenvalue weighted by Gasteiger charge is 2.30. The molecule has 1 aliphatic heterocycles. The maximum Gasteiger partial charge on any atom is 0.246 e. The molecule has 0 saturated heterocycles. The van der Waals surface area contributed by atoms with Gasteiger partial charge in [0, 0.05) is 58.5 Å². The van der Waals surface area contributed by atoms with Crippen LogP contribution < -0.4 is 4.74 Å². The number of aliphatic hydroxyl groups excluding tert-OH is 1. The average Bonchev–Trinajstić information content (AvgIpc) is 3.76. The van der Waals surface area contributed by atoms with E-state index in [1.54, 1.807) is 9.58 Å². The number of thiophene rings is 1. The van der Waals surface area contributed by atoms with E-state index in [0.717, 1.165) is 39.7 Å². The van der Waals surface area contributed by atoms with Gasteiger partial charge in [0.05, 0.1) is 41.7 Å². The van der Waals surface area contributed by atoms with Crippen LogP contribution in [0.5, 0.6) is 5.75 Å². The van der Waals surface area contributed by atoms with Gasteiger partial charge in [-0.15, -0.1) is 11.3 Å². The molecule has 9 nitrogen and oxygen atoms in total. The van der Waals surface area contributed by atoms with Crippen LogP contribution in [-0.4, -0.2) is 60.2 Å². The molecule has 6 aromatic rings. The van der Waals surface area contributed by atoms with Crippen molar-refractivity contribution in [1.82, 2.24) is 29.4 Å². The van der Waals surface area contributed by atoms with E-state index in [0.29, 0.717) is 40.4 Å². The number of amides is 1. The van der Waals surface area contributed by atoms with E-state index in [9.17, 15) is 14.3 Å². The normalized spacial score (nSPS) is 14.7. The number of hydrogen-bond acceptors (Lipinski definition) is 7. The number of hydrogen-bond donors (Lipinski definition) is 1. The van der Waals surface area contributed by atoms with Gasteiger partial charge >= 0.3 is 0 Å². The molecule has 0 radical (unpaired) electrons. The molecular formula is C33H28F2N6O3S. The van der Waals surface area contributed by atoms with Crippen LogP contribution in [0.25, 0.3) is 54.8 Å². The molecule has 0 aliphatic carbocycles. The molecule has 4 aromatic heterocycles. The summed E-state index contributed by atoms with van der Waals surface area (Å²) in [5.74, 6) is -1.87. The van der Waals surface area contributed by atoms with Crippen LogP contribution in [0.3, 0.4) is 0 Å². The highest BCUT2D eigenvalue weighted by Crippen LogP contribution is 2.47. The lowest BCUT2D eigenvalue weighted by molar-refractivity contribution is -0.127. The van der Waals surface area contributed by atoms with Gasteiger partial charge in [0.25, 0.3) is 0 Å². The third-order valence-electron chi connectivity index (χ3n) is 7.92. The highest BCUT2D eigenvalue weighted by atomic mass is 32.1. The minimum atomic E-state index is -0.830. The molecule has 228 valence electrons. The van der Waals surface area contributed by atoms with Gasteiger partial charge in [0.2, 0.25) is 5.91 Å². The van der Waals surface area contributed by atoms with Crippen LogP contribution in [0.1, 0.15) is 18.7 Å². The molecule has 0 bridgehead atoms. The Bertz CT molecular complexity index is 2130. The second-order valence-electron chi connectivity index (χ2n) is 11.0. The lowest BCUT2D eigenvalue weighted by Crippen LogP contribution is -2.39. The lowest BCUT2D eigenvalue weighted by atomic mass is 9.96. The van der Waals surface area contributed by atoms with Crippen LogP contribution in [-0.2, 0) is 18.4 Å². The first-order valence-electron chi connectivity index (χ1n) is 14.3. The minimum absolute atomic E-state index is 0.0222. The molecule has 0 saturated carbocycles. The van der Waals surface area contributed by atoms with Crippen LogP contribution in [0, 0.1) is 11.6 Å². The fraction of sp³-hybridized carbons (Fsp3) is 0.212. The van der Waals surface area contributed by atoms with Gasteiger partial charge in [-0.05, 0) is 36.6 Å². The molecule has 12 heteroatoms. The number of carbonyl (C=O) groups is 1. The molecule has 5 heterocycles. The number of aliphatic hydroxyl groups is 1. The van der Waals surface area contributed by atoms with Crippen molar-refractivity contribution in [1.29, 1.82) is 0 Å². The van der Waals surface area contributed by atoms with Crippen molar-refractivity contribution in [2.75, 3.05) is 19.8 Å². The van der Waals surface area contributed by atoms with Gasteiger partial charge in [-0.25, -0.2) is 13.8 Å². The monoisotopic (exact) mass is 626 g/mol. The maximum atomic E-state index is 15.9. The topological polar surface area (TPSA) is 98.3 Å². The Kier molecular flexibility index (Phi) is 7.17. The zero-order valence-electron chi connectivity index (χ0n) is 24.5. The van der Waals surface area contributed by atoms with Crippen LogP contribution in [0.15, 0.2) is 66.7 Å². The van der Waals surface area contributed by atoms with Crippen molar-refractivity contribution < 1.29 is 23.4 Å². The van der Waals surface area contributed by atoms with Gasteiger partial charge in [-0.1, -0.05) is 18.7 Å². The molecule has 1 atom stereocenters. The summed E-state index contributed by atoms with van der Waals surface area (Å²) < 4.78 is 40.4. The third-order valence-corrected chi connectivity index (χ3v) is 8.85. The fourth-order valence-corrected chi connectivity index (χ4v) is 6.96. The molecule has 45 heavy (non-hydrogen) atoms. The minimum Gasteiger partial charge on any atom is -0.490 e. The van der Waals surface area contributed by atoms with Gasteiger partial charge in [0.1, 0.15) is 35.4 Å². The number of rotatable bonds is 7. The molecule has 1 amide bonds. The summed E-state index contributed by atoms with van der Waals surface area (Å²) in [4.78, 5) is 19.4. The molecule has 1 N–H and O–H groups in total. The first-order valence-corrected chi connectivity index (χ1v) is 15.2. The summed E-state index contributed by atoms with van der Waals surface area (Å²) in [7, 11) is 1.86. The van der Waals surface area contributed by atoms with Crippen molar-refractivity contribution in [3.8, 4) is 39.5 Å². The number of pyridine rings is 1. The molecule has 1 aliphatic rings. The predicted octanol–water partition coefficient (Wildman–Crippen LogP) is 6.12. The second kappa shape index (κ2) is 11.2. The van der Waals surface area contributed by atoms with Gasteiger partial charge in [0.15, 0.2) is 0 Å². The maximum absolute atomic E-state index is 15.9. The first kappa shape index (κ1) is 28.8. The number of carbonyl (C=O) groups excluding carboxylic acids is 1. The Morgan fingerprint density at radius 3 is 2.80 bits per heavy atom. The SMILES string of the molecule is C=CC(=O)N1Cc2cc(-c3nc(-c4ccc5cn(C)nc5c4)c4ccsc4c3-c3c(F)cc(F)cc3OCCO)nn2C(C)C1. The Hall–Kier alpha value is -4.94. The standard InChI is InChI=1S/C33H28F2N6O3S/c1-4-28(43)40-15-18(2)41-22(17-40)14-26(38-41)32-30(29-24(35)12-21(34)13-27(29)44-9-8-42)33-23(7-10-45-33)31(36-32)19-5-6-20-16-39(3)37-25(20)11-19/h4-7,10-14,16,18,42H,1,8-9,15,17H2,2-3H3. The summed E-state index contributed by atoms with van der Waals surface area (Å²) in [6.45, 7) is 5.86. The number of nitrogens with zero attached hydrogens (tertiary/aromatic N) is 6. The van der Waals surface area contributed by atoms with Gasteiger partial charge in [-0.3, -0.25) is 14.2 Å². The highest BCUT2D eigenvalue weighted by molar-refractivity contribution is 7.18. The van der Waals surface area contributed by atoms with E-state index < -0.39 is 11.6 Å². The molecule has 7 rings (SSSR count). The van der Waals surface area contributed by atoms with E-state index in [2.05, 4.69) is 11.7 Å². The van der Waals surface area contributed by atoms with Crippen LogP contribution in [0.4, 0.5) is 8.78 Å². The summed E-state index contributed by atoms with van der Waals surface area (Å²) in [6, 6.07) is 11.5. The largest absolute Gasteiger partial charge is 0.490 e. The van der Waals surface area contributed by atoms with Crippen molar-refractivity contribution in [2.24, 2.45) is 7.05 Å². The van der Waals surface area contributed by atoms with Gasteiger partial charge in [-0.2, -0.15) is 10.2 Å². The van der Waals surface area contributed by atoms with E-state index in [1.807, 2.05) is 60.6 Å². The average molecular weight is 627 g/mol. The number of ether oxygens (including phenoxy) is 1. The van der Waals surface area contributed by atoms with Crippen molar-refractivity contribution in [3.63, 3.8) is 0 Å². The lowest BCUT2D eigenvalue weighted by Gasteiger charge is -2.31. The number of aromatic nitrogens is 5. The summed E-state index contributed by atoms with van der Waals surface area (Å²) in [5.41, 5.74) is 4.31.